The molecule has 0 saturated carbocycles. The fourth-order valence-corrected chi connectivity index (χ4v) is 6.96. The van der Waals surface area contributed by atoms with E-state index < -0.39 is 30.2 Å². The first-order valence-corrected chi connectivity index (χ1v) is 9.71. The number of hydrogen-bond acceptors (Lipinski definition) is 4. The summed E-state index contributed by atoms with van der Waals surface area (Å²) in [6.45, 7) is 5.83. The van der Waals surface area contributed by atoms with Gasteiger partial charge in [0, 0.05) is 8.07 Å². The Morgan fingerprint density at radius 2 is 1.33 bits per heavy atom. The van der Waals surface area contributed by atoms with Crippen LogP contribution in [0.1, 0.15) is 0 Å². The Morgan fingerprint density at radius 1 is 1.00 bits per heavy atom. The van der Waals surface area contributed by atoms with Crippen LogP contribution in [0, 0.1) is 0 Å². The second kappa shape index (κ2) is 4.96. The summed E-state index contributed by atoms with van der Waals surface area (Å²) in [5.41, 5.74) is 0. The monoisotopic (exact) mass is 226 g/mol. The van der Waals surface area contributed by atoms with E-state index in [-0.39, 0.29) is 0 Å². The summed E-state index contributed by atoms with van der Waals surface area (Å²) in [5, 5.41) is -1.15. The van der Waals surface area contributed by atoms with Crippen molar-refractivity contribution in [3.05, 3.63) is 0 Å². The fraction of sp³-hybridized carbons (Fsp3) is 1.00. The maximum Gasteiger partial charge on any atom is 0.0450 e. The summed E-state index contributed by atoms with van der Waals surface area (Å²) < 4.78 is 0. The first-order valence-electron chi connectivity index (χ1n) is 3.51. The van der Waals surface area contributed by atoms with Gasteiger partial charge in [0.25, 0.3) is 0 Å². The average molecular weight is 226 g/mol. The largest absolute Gasteiger partial charge is 0.841 e. The number of hydrogen-bond donors (Lipinski definition) is 0. The van der Waals surface area contributed by atoms with E-state index in [2.05, 4.69) is 0 Å². The molecule has 0 saturated heterocycles. The molecular weight excluding hydrogens is 214 g/mol. The molecule has 0 spiro atoms. The van der Waals surface area contributed by atoms with Crippen LogP contribution in [-0.2, 0) is 0 Å². The summed E-state index contributed by atoms with van der Waals surface area (Å²) in [6, 6.07) is 0.296. The van der Waals surface area contributed by atoms with E-state index in [1.165, 1.54) is 0 Å². The fourth-order valence-electron chi connectivity index (χ4n) is 0.774. The van der Waals surface area contributed by atoms with Gasteiger partial charge in [-0.05, 0) is 0 Å². The maximum atomic E-state index is 10.5. The van der Waals surface area contributed by atoms with E-state index in [0.717, 1.165) is 0 Å². The van der Waals surface area contributed by atoms with E-state index in [1.54, 1.807) is 0 Å². The van der Waals surface area contributed by atoms with Crippen LogP contribution in [0.3, 0.4) is 0 Å². The smallest absolute Gasteiger partial charge is 0.0450 e. The summed E-state index contributed by atoms with van der Waals surface area (Å²) in [6.07, 6.45) is 0. The highest BCUT2D eigenvalue weighted by atomic mass is 31.2. The predicted molar refractivity (Wildman–Crippen MR) is 45.8 cm³/mol. The first kappa shape index (κ1) is 12.9. The molecule has 7 heteroatoms. The van der Waals surface area contributed by atoms with Gasteiger partial charge in [-0.15, -0.1) is 0 Å². The Bertz CT molecular complexity index is 128. The second-order valence-electron chi connectivity index (χ2n) is 3.82. The molecule has 0 radical (unpaired) electrons. The lowest BCUT2D eigenvalue weighted by molar-refractivity contribution is -0.306. The van der Waals surface area contributed by atoms with Crippen molar-refractivity contribution in [3.63, 3.8) is 0 Å². The molecule has 0 N–H and O–H groups in total. The predicted octanol–water partition coefficient (Wildman–Crippen LogP) is -1.28. The minimum atomic E-state index is -2.83. The zero-order chi connectivity index (χ0) is 9.94. The molecule has 4 nitrogen and oxygen atoms in total. The first-order chi connectivity index (χ1) is 5.24. The summed E-state index contributed by atoms with van der Waals surface area (Å²) in [5.74, 6) is 0. The van der Waals surface area contributed by atoms with Crippen LogP contribution in [0.5, 0.6) is 0 Å². The summed E-state index contributed by atoms with van der Waals surface area (Å²) >= 11 is 0. The molecule has 0 aromatic carbocycles. The molecule has 0 bridgehead atoms. The van der Waals surface area contributed by atoms with E-state index in [9.17, 15) is 19.6 Å². The summed E-state index contributed by atoms with van der Waals surface area (Å²) in [4.78, 5) is 42.0. The van der Waals surface area contributed by atoms with Gasteiger partial charge in [-0.25, -0.2) is 0 Å². The normalized spacial score (nSPS) is 13.5. The molecule has 0 aliphatic carbocycles. The standard InChI is InChI=1S/C5H12O4P2Si/c1-12(2,3)4-5(10(6)7)11(8)9/h5H,4H2,1-3H3/q-4. The molecule has 0 heterocycles. The highest BCUT2D eigenvalue weighted by molar-refractivity contribution is 7.62. The van der Waals surface area contributed by atoms with Crippen LogP contribution in [0.25, 0.3) is 0 Å². The summed E-state index contributed by atoms with van der Waals surface area (Å²) in [7, 11) is -7.27. The molecule has 12 heavy (non-hydrogen) atoms. The Kier molecular flexibility index (Phi) is 5.34. The minimum Gasteiger partial charge on any atom is -0.841 e. The molecule has 0 unspecified atom stereocenters. The van der Waals surface area contributed by atoms with Crippen molar-refractivity contribution in [2.75, 3.05) is 0 Å². The molecule has 0 fully saturated rings. The zero-order valence-corrected chi connectivity index (χ0v) is 10.1. The van der Waals surface area contributed by atoms with Gasteiger partial charge in [0.05, 0.1) is 0 Å². The van der Waals surface area contributed by atoms with Crippen LogP contribution < -0.4 is 19.6 Å². The van der Waals surface area contributed by atoms with Crippen LogP contribution in [0.2, 0.25) is 25.7 Å². The molecule has 0 aliphatic rings. The quantitative estimate of drug-likeness (QED) is 0.440. The lowest BCUT2D eigenvalue weighted by atomic mass is 10.9. The van der Waals surface area contributed by atoms with Crippen molar-refractivity contribution in [2.45, 2.75) is 31.1 Å². The van der Waals surface area contributed by atoms with Gasteiger partial charge < -0.3 is 36.3 Å². The van der Waals surface area contributed by atoms with Crippen molar-refractivity contribution >= 4 is 24.8 Å². The lowest BCUT2D eigenvalue weighted by Gasteiger charge is -2.54. The topological polar surface area (TPSA) is 92.2 Å². The zero-order valence-electron chi connectivity index (χ0n) is 7.31. The third-order valence-corrected chi connectivity index (χ3v) is 6.07. The van der Waals surface area contributed by atoms with Gasteiger partial charge in [0.1, 0.15) is 0 Å². The minimum absolute atomic E-state index is 0.296. The van der Waals surface area contributed by atoms with E-state index in [0.29, 0.717) is 6.04 Å². The van der Waals surface area contributed by atoms with Crippen molar-refractivity contribution < 1.29 is 19.6 Å². The lowest BCUT2D eigenvalue weighted by Crippen LogP contribution is -2.34. The van der Waals surface area contributed by atoms with E-state index >= 15 is 0 Å². The van der Waals surface area contributed by atoms with E-state index in [1.807, 2.05) is 19.6 Å². The van der Waals surface area contributed by atoms with Crippen molar-refractivity contribution in [1.29, 1.82) is 0 Å². The molecule has 0 amide bonds. The van der Waals surface area contributed by atoms with Crippen molar-refractivity contribution in [3.8, 4) is 0 Å². The molecule has 0 aliphatic heterocycles. The van der Waals surface area contributed by atoms with Gasteiger partial charge in [-0.1, -0.05) is 31.1 Å². The Labute approximate surface area is 76.1 Å². The average Bonchev–Trinajstić information content (AvgIpc) is 1.79. The van der Waals surface area contributed by atoms with Gasteiger partial charge >= 0.3 is 0 Å². The third-order valence-electron chi connectivity index (χ3n) is 1.28. The second-order valence-corrected chi connectivity index (χ2v) is 12.1. The van der Waals surface area contributed by atoms with Crippen LogP contribution >= 0.6 is 16.8 Å². The SMILES string of the molecule is C[Si](C)(C)CC(P([O-])[O-])P([O-])[O-]. The molecule has 0 aromatic rings. The Morgan fingerprint density at radius 3 is 1.42 bits per heavy atom. The third kappa shape index (κ3) is 5.54. The molecule has 0 aromatic heterocycles. The highest BCUT2D eigenvalue weighted by Gasteiger charge is 2.16. The molecule has 0 rings (SSSR count). The number of rotatable bonds is 4. The van der Waals surface area contributed by atoms with Crippen LogP contribution in [0.4, 0.5) is 0 Å². The van der Waals surface area contributed by atoms with Gasteiger partial charge in [0.2, 0.25) is 0 Å². The van der Waals surface area contributed by atoms with E-state index in [4.69, 9.17) is 0 Å². The van der Waals surface area contributed by atoms with Crippen molar-refractivity contribution in [2.24, 2.45) is 0 Å². The van der Waals surface area contributed by atoms with Crippen LogP contribution in [0.15, 0.2) is 0 Å². The Hall–Kier alpha value is 0.917. The molecular formula is C5H12O4P2Si-4. The Balaban J connectivity index is 4.15. The molecule has 0 atom stereocenters. The van der Waals surface area contributed by atoms with Crippen LogP contribution in [-0.4, -0.2) is 13.5 Å². The van der Waals surface area contributed by atoms with Crippen molar-refractivity contribution in [1.82, 2.24) is 0 Å². The maximum absolute atomic E-state index is 10.5. The molecule has 74 valence electrons. The van der Waals surface area contributed by atoms with Gasteiger partial charge in [-0.2, -0.15) is 0 Å². The highest BCUT2D eigenvalue weighted by Crippen LogP contribution is 2.43. The van der Waals surface area contributed by atoms with Gasteiger partial charge in [0.15, 0.2) is 0 Å². The van der Waals surface area contributed by atoms with Gasteiger partial charge in [-0.3, -0.25) is 0 Å².